The van der Waals surface area contributed by atoms with Gasteiger partial charge in [-0.05, 0) is 17.7 Å². The first kappa shape index (κ1) is 16.1. The molecule has 0 spiro atoms. The van der Waals surface area contributed by atoms with Crippen LogP contribution in [-0.2, 0) is 5.33 Å². The Hall–Kier alpha value is -0.960. The van der Waals surface area contributed by atoms with Crippen LogP contribution in [0.5, 0.6) is 5.88 Å². The van der Waals surface area contributed by atoms with E-state index in [9.17, 15) is 26.7 Å². The van der Waals surface area contributed by atoms with Crippen molar-refractivity contribution in [2.75, 3.05) is 0 Å². The van der Waals surface area contributed by atoms with Crippen molar-refractivity contribution in [1.29, 1.82) is 0 Å². The van der Waals surface area contributed by atoms with E-state index >= 15 is 0 Å². The number of carbonyl (C=O) groups excluding carboxylic acids is 1. The van der Waals surface area contributed by atoms with Crippen LogP contribution in [-0.4, -0.2) is 16.6 Å². The summed E-state index contributed by atoms with van der Waals surface area (Å²) in [5, 5.41) is -1.63. The quantitative estimate of drug-likeness (QED) is 0.454. The molecule has 0 aliphatic carbocycles. The maximum Gasteiger partial charge on any atom is 0.574 e. The Morgan fingerprint density at radius 3 is 2.42 bits per heavy atom. The number of pyridine rings is 1. The minimum absolute atomic E-state index is 0.359. The summed E-state index contributed by atoms with van der Waals surface area (Å²) >= 11 is 7.78. The first-order valence-electron chi connectivity index (χ1n) is 4.49. The van der Waals surface area contributed by atoms with E-state index in [4.69, 9.17) is 11.6 Å². The second-order valence-electron chi connectivity index (χ2n) is 3.14. The molecule has 0 atom stereocenters. The molecule has 106 valence electrons. The number of hydrogen-bond acceptors (Lipinski definition) is 3. The van der Waals surface area contributed by atoms with E-state index in [1.54, 1.807) is 0 Å². The van der Waals surface area contributed by atoms with Crippen molar-refractivity contribution >= 4 is 32.8 Å². The van der Waals surface area contributed by atoms with Gasteiger partial charge in [0.25, 0.3) is 11.7 Å². The van der Waals surface area contributed by atoms with Crippen molar-refractivity contribution in [3.05, 3.63) is 22.9 Å². The van der Waals surface area contributed by atoms with E-state index < -0.39 is 40.7 Å². The third kappa shape index (κ3) is 4.27. The maximum atomic E-state index is 12.7. The van der Waals surface area contributed by atoms with Crippen LogP contribution in [0, 0.1) is 0 Å². The summed E-state index contributed by atoms with van der Waals surface area (Å²) in [6, 6.07) is 0.625. The number of rotatable bonds is 4. The van der Waals surface area contributed by atoms with E-state index in [1.165, 1.54) is 0 Å². The summed E-state index contributed by atoms with van der Waals surface area (Å²) in [5.74, 6) is -1.13. The fraction of sp³-hybridized carbons (Fsp3) is 0.333. The summed E-state index contributed by atoms with van der Waals surface area (Å²) in [6.45, 7) is 0. The van der Waals surface area contributed by atoms with Crippen molar-refractivity contribution in [1.82, 2.24) is 4.98 Å². The van der Waals surface area contributed by atoms with Gasteiger partial charge >= 0.3 is 6.36 Å². The van der Waals surface area contributed by atoms with E-state index in [2.05, 4.69) is 25.7 Å². The second-order valence-corrected chi connectivity index (χ2v) is 4.04. The molecule has 0 aromatic carbocycles. The van der Waals surface area contributed by atoms with Gasteiger partial charge in [0.1, 0.15) is 5.69 Å². The van der Waals surface area contributed by atoms with Crippen LogP contribution in [0.2, 0.25) is 0 Å². The molecule has 1 aromatic heterocycles. The van der Waals surface area contributed by atoms with Crippen molar-refractivity contribution in [3.8, 4) is 5.88 Å². The molecule has 0 aliphatic heterocycles. The Morgan fingerprint density at radius 2 is 2.05 bits per heavy atom. The zero-order valence-electron chi connectivity index (χ0n) is 8.77. The Balaban J connectivity index is 3.44. The molecule has 10 heteroatoms. The molecule has 19 heavy (non-hydrogen) atoms. The number of nitrogens with zero attached hydrogens (tertiary/aromatic N) is 1. The molecule has 0 radical (unpaired) electrons. The number of halogens is 7. The zero-order chi connectivity index (χ0) is 14.8. The van der Waals surface area contributed by atoms with E-state index in [0.29, 0.717) is 6.07 Å². The second kappa shape index (κ2) is 6.00. The lowest BCUT2D eigenvalue weighted by Crippen LogP contribution is -2.20. The van der Waals surface area contributed by atoms with Gasteiger partial charge in [-0.15, -0.1) is 13.2 Å². The molecular weight excluding hydrogens is 364 g/mol. The molecule has 0 N–H and O–H groups in total. The van der Waals surface area contributed by atoms with E-state index in [0.717, 1.165) is 0 Å². The zero-order valence-corrected chi connectivity index (χ0v) is 11.1. The number of carbonyl (C=O) groups is 1. The first-order chi connectivity index (χ1) is 8.65. The Labute approximate surface area is 116 Å². The van der Waals surface area contributed by atoms with Gasteiger partial charge in [-0.2, -0.15) is 0 Å². The van der Waals surface area contributed by atoms with Gasteiger partial charge in [-0.25, -0.2) is 13.8 Å². The van der Waals surface area contributed by atoms with Gasteiger partial charge in [0.15, 0.2) is 0 Å². The van der Waals surface area contributed by atoms with Gasteiger partial charge in [0.2, 0.25) is 5.88 Å². The molecule has 0 saturated heterocycles. The molecule has 0 unspecified atom stereocenters. The average Bonchev–Trinajstić information content (AvgIpc) is 2.25. The number of alkyl halides is 6. The van der Waals surface area contributed by atoms with Gasteiger partial charge in [0.05, 0.1) is 0 Å². The molecule has 1 heterocycles. The topological polar surface area (TPSA) is 39.2 Å². The van der Waals surface area contributed by atoms with Crippen LogP contribution >= 0.6 is 27.5 Å². The lowest BCUT2D eigenvalue weighted by Gasteiger charge is -2.15. The van der Waals surface area contributed by atoms with Crippen LogP contribution in [0.3, 0.4) is 0 Å². The Bertz CT molecular complexity index is 494. The SMILES string of the molecule is O=C(Cl)c1cc(C(F)F)c(CBr)c(OC(F)(F)F)n1. The van der Waals surface area contributed by atoms with Crippen LogP contribution in [0.15, 0.2) is 6.07 Å². The third-order valence-electron chi connectivity index (χ3n) is 1.90. The van der Waals surface area contributed by atoms with Crippen LogP contribution < -0.4 is 4.74 Å². The van der Waals surface area contributed by atoms with Gasteiger partial charge < -0.3 is 4.74 Å². The number of hydrogen-bond donors (Lipinski definition) is 0. The lowest BCUT2D eigenvalue weighted by atomic mass is 10.1. The molecule has 0 saturated carbocycles. The largest absolute Gasteiger partial charge is 0.574 e. The maximum absolute atomic E-state index is 12.7. The molecule has 0 amide bonds. The van der Waals surface area contributed by atoms with Crippen molar-refractivity contribution < 1.29 is 31.5 Å². The van der Waals surface area contributed by atoms with Crippen LogP contribution in [0.4, 0.5) is 22.0 Å². The highest BCUT2D eigenvalue weighted by Gasteiger charge is 2.34. The summed E-state index contributed by atoms with van der Waals surface area (Å²) < 4.78 is 65.4. The monoisotopic (exact) mass is 367 g/mol. The number of ether oxygens (including phenoxy) is 1. The molecule has 1 aromatic rings. The standard InChI is InChI=1S/C9H4BrClF5NO2/c10-2-4-3(7(12)13)1-5(6(11)18)17-8(4)19-9(14,15)16/h1,7H,2H2. The molecule has 3 nitrogen and oxygen atoms in total. The molecule has 0 bridgehead atoms. The Morgan fingerprint density at radius 1 is 1.47 bits per heavy atom. The van der Waals surface area contributed by atoms with Crippen molar-refractivity contribution in [3.63, 3.8) is 0 Å². The van der Waals surface area contributed by atoms with Crippen molar-refractivity contribution in [2.45, 2.75) is 18.1 Å². The van der Waals surface area contributed by atoms with E-state index in [1.807, 2.05) is 0 Å². The molecular formula is C9H4BrClF5NO2. The minimum atomic E-state index is -5.13. The minimum Gasteiger partial charge on any atom is -0.388 e. The van der Waals surface area contributed by atoms with Gasteiger partial charge in [-0.1, -0.05) is 15.9 Å². The normalized spacial score (nSPS) is 11.8. The smallest absolute Gasteiger partial charge is 0.388 e. The summed E-state index contributed by atoms with van der Waals surface area (Å²) in [6.07, 6.45) is -8.24. The summed E-state index contributed by atoms with van der Waals surface area (Å²) in [4.78, 5) is 14.0. The average molecular weight is 368 g/mol. The summed E-state index contributed by atoms with van der Waals surface area (Å²) in [7, 11) is 0. The highest BCUT2D eigenvalue weighted by molar-refractivity contribution is 9.08. The van der Waals surface area contributed by atoms with Gasteiger partial charge in [0, 0.05) is 16.5 Å². The fourth-order valence-corrected chi connectivity index (χ4v) is 1.85. The molecule has 1 rings (SSSR count). The molecule has 0 fully saturated rings. The van der Waals surface area contributed by atoms with Crippen molar-refractivity contribution in [2.24, 2.45) is 0 Å². The predicted octanol–water partition coefficient (Wildman–Crippen LogP) is 4.19. The van der Waals surface area contributed by atoms with E-state index in [-0.39, 0.29) is 5.33 Å². The lowest BCUT2D eigenvalue weighted by molar-refractivity contribution is -0.276. The molecule has 0 aliphatic rings. The summed E-state index contributed by atoms with van der Waals surface area (Å²) in [5.41, 5.74) is -2.06. The third-order valence-corrected chi connectivity index (χ3v) is 2.66. The Kier molecular flexibility index (Phi) is 5.08. The number of aromatic nitrogens is 1. The highest BCUT2D eigenvalue weighted by Crippen LogP contribution is 2.34. The predicted molar refractivity (Wildman–Crippen MR) is 58.7 cm³/mol. The van der Waals surface area contributed by atoms with Gasteiger partial charge in [-0.3, -0.25) is 4.79 Å². The highest BCUT2D eigenvalue weighted by atomic mass is 79.9. The van der Waals surface area contributed by atoms with Crippen LogP contribution in [0.25, 0.3) is 0 Å². The first-order valence-corrected chi connectivity index (χ1v) is 5.99. The van der Waals surface area contributed by atoms with Crippen LogP contribution in [0.1, 0.15) is 28.0 Å². The fourth-order valence-electron chi connectivity index (χ4n) is 1.19.